The Labute approximate surface area is 132 Å². The summed E-state index contributed by atoms with van der Waals surface area (Å²) in [5.41, 5.74) is 1.82. The monoisotopic (exact) mass is 317 g/mol. The van der Waals surface area contributed by atoms with E-state index in [4.69, 9.17) is 0 Å². The average molecular weight is 317 g/mol. The number of benzene rings is 2. The third-order valence-electron chi connectivity index (χ3n) is 3.06. The van der Waals surface area contributed by atoms with Gasteiger partial charge in [0.1, 0.15) is 4.90 Å². The number of hydrogen-bond acceptors (Lipinski definition) is 2. The maximum absolute atomic E-state index is 12.5. The molecule has 2 rings (SSSR count). The minimum Gasteiger partial charge on any atom is -0.271 e. The Hall–Kier alpha value is -2.14. The first kappa shape index (κ1) is 16.2. The molecule has 2 N–H and O–H groups in total. The van der Waals surface area contributed by atoms with Crippen LogP contribution in [0.2, 0.25) is 0 Å². The Balaban J connectivity index is 2.37. The van der Waals surface area contributed by atoms with Gasteiger partial charge in [-0.25, -0.2) is 0 Å². The zero-order valence-electron chi connectivity index (χ0n) is 13.0. The standard InChI is InChI=1S/C17H20N2O2S/c1-13(2)18-17(15-7-5-4-6-8-15)19-22(20,21)16-11-9-14(3)10-12-16/h4-13H,1-3H3,(H,18,19)/p+1. The Bertz CT molecular complexity index is 749. The molecule has 0 atom stereocenters. The lowest BCUT2D eigenvalue weighted by atomic mass is 10.2. The fraction of sp³-hybridized carbons (Fsp3) is 0.235. The van der Waals surface area contributed by atoms with Crippen molar-refractivity contribution in [3.63, 3.8) is 0 Å². The summed E-state index contributed by atoms with van der Waals surface area (Å²) in [4.78, 5) is 3.41. The highest BCUT2D eigenvalue weighted by atomic mass is 32.2. The molecule has 0 aliphatic carbocycles. The first-order chi connectivity index (χ1) is 10.4. The van der Waals surface area contributed by atoms with Crippen LogP contribution in [0.15, 0.2) is 59.5 Å². The second-order valence-corrected chi connectivity index (χ2v) is 7.14. The van der Waals surface area contributed by atoms with Crippen LogP contribution in [0.3, 0.4) is 0 Å². The van der Waals surface area contributed by atoms with Crippen LogP contribution in [0.1, 0.15) is 25.0 Å². The van der Waals surface area contributed by atoms with Crippen LogP contribution in [0, 0.1) is 6.92 Å². The van der Waals surface area contributed by atoms with E-state index in [1.54, 1.807) is 24.3 Å². The van der Waals surface area contributed by atoms with E-state index in [-0.39, 0.29) is 10.9 Å². The largest absolute Gasteiger partial charge is 0.328 e. The molecule has 0 aliphatic rings. The molecule has 0 radical (unpaired) electrons. The van der Waals surface area contributed by atoms with Gasteiger partial charge in [0.25, 0.3) is 5.84 Å². The number of sulfonamides is 1. The molecule has 0 heterocycles. The van der Waals surface area contributed by atoms with Gasteiger partial charge in [0.2, 0.25) is 0 Å². The average Bonchev–Trinajstić information content (AvgIpc) is 2.47. The van der Waals surface area contributed by atoms with E-state index in [2.05, 4.69) is 9.71 Å². The summed E-state index contributed by atoms with van der Waals surface area (Å²) < 4.78 is 27.7. The summed E-state index contributed by atoms with van der Waals surface area (Å²) in [5.74, 6) is 0.483. The van der Waals surface area contributed by atoms with Crippen LogP contribution in [0.4, 0.5) is 0 Å². The van der Waals surface area contributed by atoms with E-state index in [0.29, 0.717) is 5.84 Å². The SMILES string of the molecule is Cc1ccc(S(=O)(=O)NC(=[NH+]C(C)C)c2ccccc2)cc1. The lowest BCUT2D eigenvalue weighted by Gasteiger charge is -2.07. The van der Waals surface area contributed by atoms with Gasteiger partial charge in [-0.15, -0.1) is 0 Å². The second-order valence-electron chi connectivity index (χ2n) is 5.46. The van der Waals surface area contributed by atoms with E-state index in [0.717, 1.165) is 11.1 Å². The van der Waals surface area contributed by atoms with Crippen molar-refractivity contribution in [3.8, 4) is 0 Å². The smallest absolute Gasteiger partial charge is 0.271 e. The molecule has 0 aliphatic heterocycles. The van der Waals surface area contributed by atoms with Crippen LogP contribution < -0.4 is 9.71 Å². The summed E-state index contributed by atoms with van der Waals surface area (Å²) in [5, 5.41) is 0. The first-order valence-corrected chi connectivity index (χ1v) is 8.65. The normalized spacial score (nSPS) is 12.5. The topological polar surface area (TPSA) is 60.1 Å². The number of amidine groups is 1. The van der Waals surface area contributed by atoms with Crippen molar-refractivity contribution in [2.45, 2.75) is 31.7 Å². The molecule has 0 fully saturated rings. The predicted molar refractivity (Wildman–Crippen MR) is 88.2 cm³/mol. The molecule has 0 saturated carbocycles. The molecule has 0 saturated heterocycles. The van der Waals surface area contributed by atoms with Gasteiger partial charge in [0.15, 0.2) is 0 Å². The van der Waals surface area contributed by atoms with Crippen molar-refractivity contribution in [1.82, 2.24) is 4.72 Å². The van der Waals surface area contributed by atoms with E-state index in [9.17, 15) is 8.42 Å². The van der Waals surface area contributed by atoms with Gasteiger partial charge in [-0.05, 0) is 45.0 Å². The van der Waals surface area contributed by atoms with Crippen LogP contribution in [0.5, 0.6) is 0 Å². The van der Waals surface area contributed by atoms with Gasteiger partial charge < -0.3 is 0 Å². The maximum Gasteiger partial charge on any atom is 0.328 e. The summed E-state index contributed by atoms with van der Waals surface area (Å²) >= 11 is 0. The summed E-state index contributed by atoms with van der Waals surface area (Å²) in [7, 11) is -3.62. The molecule has 22 heavy (non-hydrogen) atoms. The van der Waals surface area contributed by atoms with Crippen molar-refractivity contribution >= 4 is 15.9 Å². The Kier molecular flexibility index (Phi) is 4.98. The van der Waals surface area contributed by atoms with Crippen LogP contribution >= 0.6 is 0 Å². The maximum atomic E-state index is 12.5. The van der Waals surface area contributed by atoms with Gasteiger partial charge in [-0.3, -0.25) is 4.99 Å². The summed E-state index contributed by atoms with van der Waals surface area (Å²) in [6.45, 7) is 5.85. The van der Waals surface area contributed by atoms with E-state index >= 15 is 0 Å². The van der Waals surface area contributed by atoms with Gasteiger partial charge >= 0.3 is 10.0 Å². The molecule has 0 amide bonds. The molecule has 116 valence electrons. The van der Waals surface area contributed by atoms with Gasteiger partial charge in [-0.1, -0.05) is 35.9 Å². The summed E-state index contributed by atoms with van der Waals surface area (Å²) in [6, 6.07) is 16.3. The Morgan fingerprint density at radius 3 is 2.14 bits per heavy atom. The predicted octanol–water partition coefficient (Wildman–Crippen LogP) is 1.21. The zero-order chi connectivity index (χ0) is 16.2. The Morgan fingerprint density at radius 2 is 1.59 bits per heavy atom. The lowest BCUT2D eigenvalue weighted by molar-refractivity contribution is -0.494. The quantitative estimate of drug-likeness (QED) is 0.658. The molecule has 2 aromatic rings. The summed E-state index contributed by atoms with van der Waals surface area (Å²) in [6.07, 6.45) is 0. The second kappa shape index (κ2) is 6.75. The van der Waals surface area contributed by atoms with Crippen LogP contribution in [-0.4, -0.2) is 20.3 Å². The highest BCUT2D eigenvalue weighted by Gasteiger charge is 2.23. The van der Waals surface area contributed by atoms with Gasteiger partial charge in [0.05, 0.1) is 11.6 Å². The molecular formula is C17H21N2O2S+. The van der Waals surface area contributed by atoms with E-state index in [1.807, 2.05) is 51.1 Å². The van der Waals surface area contributed by atoms with Crippen molar-refractivity contribution in [3.05, 3.63) is 65.7 Å². The first-order valence-electron chi connectivity index (χ1n) is 7.17. The van der Waals surface area contributed by atoms with E-state index < -0.39 is 10.0 Å². The zero-order valence-corrected chi connectivity index (χ0v) is 13.8. The van der Waals surface area contributed by atoms with Crippen molar-refractivity contribution in [2.24, 2.45) is 0 Å². The molecule has 0 aromatic heterocycles. The van der Waals surface area contributed by atoms with Crippen LogP contribution in [-0.2, 0) is 10.0 Å². The minimum absolute atomic E-state index is 0.107. The molecule has 5 heteroatoms. The number of nitrogens with one attached hydrogen (secondary N) is 2. The Morgan fingerprint density at radius 1 is 1.00 bits per heavy atom. The number of aryl methyl sites for hydroxylation is 1. The van der Waals surface area contributed by atoms with Crippen molar-refractivity contribution < 1.29 is 13.4 Å². The molecule has 0 spiro atoms. The fourth-order valence-corrected chi connectivity index (χ4v) is 3.03. The van der Waals surface area contributed by atoms with Gasteiger partial charge in [0, 0.05) is 0 Å². The van der Waals surface area contributed by atoms with Crippen molar-refractivity contribution in [2.75, 3.05) is 0 Å². The molecular weight excluding hydrogens is 296 g/mol. The third-order valence-corrected chi connectivity index (χ3v) is 4.43. The molecule has 0 unspecified atom stereocenters. The highest BCUT2D eigenvalue weighted by molar-refractivity contribution is 7.90. The highest BCUT2D eigenvalue weighted by Crippen LogP contribution is 2.10. The molecule has 0 bridgehead atoms. The lowest BCUT2D eigenvalue weighted by Crippen LogP contribution is -2.80. The fourth-order valence-electron chi connectivity index (χ4n) is 1.98. The molecule has 2 aromatic carbocycles. The van der Waals surface area contributed by atoms with Crippen molar-refractivity contribution in [1.29, 1.82) is 0 Å². The van der Waals surface area contributed by atoms with Gasteiger partial charge in [-0.2, -0.15) is 13.1 Å². The van der Waals surface area contributed by atoms with Crippen LogP contribution in [0.25, 0.3) is 0 Å². The number of hydrogen-bond donors (Lipinski definition) is 2. The minimum atomic E-state index is -3.62. The van der Waals surface area contributed by atoms with E-state index in [1.165, 1.54) is 0 Å². The number of rotatable bonds is 4. The molecule has 4 nitrogen and oxygen atoms in total. The third kappa shape index (κ3) is 4.18.